The van der Waals surface area contributed by atoms with Crippen LogP contribution in [0.4, 0.5) is 11.4 Å². The molecule has 0 bridgehead atoms. The van der Waals surface area contributed by atoms with Gasteiger partial charge in [0.15, 0.2) is 0 Å². The lowest BCUT2D eigenvalue weighted by Crippen LogP contribution is -1.93. The van der Waals surface area contributed by atoms with Crippen LogP contribution in [0.3, 0.4) is 0 Å². The third kappa shape index (κ3) is 2.82. The molecule has 0 aliphatic rings. The van der Waals surface area contributed by atoms with Crippen molar-refractivity contribution in [3.63, 3.8) is 0 Å². The second-order valence-electron chi connectivity index (χ2n) is 3.67. The Balaban J connectivity index is 2.24. The molecule has 0 amide bonds. The van der Waals surface area contributed by atoms with Gasteiger partial charge in [-0.25, -0.2) is 0 Å². The van der Waals surface area contributed by atoms with E-state index in [1.807, 2.05) is 19.1 Å². The van der Waals surface area contributed by atoms with Gasteiger partial charge in [0.25, 0.3) is 0 Å². The van der Waals surface area contributed by atoms with E-state index in [1.165, 1.54) is 0 Å². The molecule has 0 spiro atoms. The van der Waals surface area contributed by atoms with Crippen LogP contribution in [-0.2, 0) is 0 Å². The van der Waals surface area contributed by atoms with E-state index in [0.29, 0.717) is 10.6 Å². The van der Waals surface area contributed by atoms with Crippen molar-refractivity contribution in [1.82, 2.24) is 4.98 Å². The zero-order valence-corrected chi connectivity index (χ0v) is 10.0. The molecule has 1 N–H and O–H groups in total. The van der Waals surface area contributed by atoms with E-state index in [1.54, 1.807) is 24.4 Å². The number of halogens is 1. The van der Waals surface area contributed by atoms with Gasteiger partial charge in [0.2, 0.25) is 0 Å². The zero-order chi connectivity index (χ0) is 12.3. The van der Waals surface area contributed by atoms with Gasteiger partial charge in [-0.2, -0.15) is 0 Å². The van der Waals surface area contributed by atoms with Crippen LogP contribution in [0.2, 0.25) is 5.02 Å². The second kappa shape index (κ2) is 4.97. The van der Waals surface area contributed by atoms with Crippen molar-refractivity contribution in [2.75, 3.05) is 5.32 Å². The molecule has 3 nitrogen and oxygen atoms in total. The molecule has 86 valence electrons. The molecule has 17 heavy (non-hydrogen) atoms. The van der Waals surface area contributed by atoms with Gasteiger partial charge in [0.1, 0.15) is 6.29 Å². The monoisotopic (exact) mass is 246 g/mol. The first-order chi connectivity index (χ1) is 8.19. The first-order valence-electron chi connectivity index (χ1n) is 5.13. The zero-order valence-electron chi connectivity index (χ0n) is 9.27. The van der Waals surface area contributed by atoms with E-state index in [4.69, 9.17) is 11.6 Å². The Morgan fingerprint density at radius 2 is 2.12 bits per heavy atom. The number of anilines is 2. The Morgan fingerprint density at radius 1 is 1.29 bits per heavy atom. The Kier molecular flexibility index (Phi) is 3.40. The number of nitrogens with one attached hydrogen (secondary N) is 1. The molecule has 1 aromatic carbocycles. The van der Waals surface area contributed by atoms with Crippen LogP contribution in [0.1, 0.15) is 16.1 Å². The maximum atomic E-state index is 10.6. The third-order valence-electron chi connectivity index (χ3n) is 2.32. The van der Waals surface area contributed by atoms with Crippen molar-refractivity contribution < 1.29 is 4.79 Å². The minimum absolute atomic E-state index is 0.509. The van der Waals surface area contributed by atoms with Crippen LogP contribution in [-0.4, -0.2) is 11.3 Å². The van der Waals surface area contributed by atoms with E-state index in [9.17, 15) is 4.79 Å². The molecule has 0 saturated heterocycles. The molecule has 0 aliphatic carbocycles. The second-order valence-corrected chi connectivity index (χ2v) is 4.08. The average molecular weight is 247 g/mol. The molecule has 1 heterocycles. The Morgan fingerprint density at radius 3 is 2.71 bits per heavy atom. The number of carbonyl (C=O) groups is 1. The summed E-state index contributed by atoms with van der Waals surface area (Å²) in [7, 11) is 0. The topological polar surface area (TPSA) is 42.0 Å². The number of nitrogens with zero attached hydrogens (tertiary/aromatic N) is 1. The smallest absolute Gasteiger partial charge is 0.150 e. The highest BCUT2D eigenvalue weighted by molar-refractivity contribution is 6.33. The number of aryl methyl sites for hydroxylation is 1. The summed E-state index contributed by atoms with van der Waals surface area (Å²) in [5.74, 6) is 0. The summed E-state index contributed by atoms with van der Waals surface area (Å²) < 4.78 is 0. The highest BCUT2D eigenvalue weighted by Gasteiger charge is 2.02. The molecule has 0 fully saturated rings. The minimum atomic E-state index is 0.509. The van der Waals surface area contributed by atoms with Crippen molar-refractivity contribution >= 4 is 29.3 Å². The number of hydrogen-bond acceptors (Lipinski definition) is 3. The Hall–Kier alpha value is -1.87. The quantitative estimate of drug-likeness (QED) is 0.842. The van der Waals surface area contributed by atoms with Gasteiger partial charge in [-0.05, 0) is 37.3 Å². The summed E-state index contributed by atoms with van der Waals surface area (Å²) in [6.07, 6.45) is 2.50. The van der Waals surface area contributed by atoms with E-state index < -0.39 is 0 Å². The van der Waals surface area contributed by atoms with Crippen molar-refractivity contribution in [2.45, 2.75) is 6.92 Å². The van der Waals surface area contributed by atoms with Crippen molar-refractivity contribution in [3.8, 4) is 0 Å². The van der Waals surface area contributed by atoms with Crippen LogP contribution in [0.15, 0.2) is 36.5 Å². The maximum Gasteiger partial charge on any atom is 0.150 e. The van der Waals surface area contributed by atoms with Crippen molar-refractivity contribution in [2.24, 2.45) is 0 Å². The Labute approximate surface area is 104 Å². The predicted octanol–water partition coefficient (Wildman–Crippen LogP) is 3.60. The van der Waals surface area contributed by atoms with Gasteiger partial charge >= 0.3 is 0 Å². The fourth-order valence-electron chi connectivity index (χ4n) is 1.40. The lowest BCUT2D eigenvalue weighted by Gasteiger charge is -2.08. The molecule has 1 aromatic heterocycles. The molecule has 2 rings (SSSR count). The number of carbonyl (C=O) groups excluding carboxylic acids is 1. The van der Waals surface area contributed by atoms with E-state index in [-0.39, 0.29) is 0 Å². The van der Waals surface area contributed by atoms with Gasteiger partial charge in [-0.15, -0.1) is 0 Å². The number of aromatic nitrogens is 1. The van der Waals surface area contributed by atoms with Crippen LogP contribution in [0, 0.1) is 6.92 Å². The third-order valence-corrected chi connectivity index (χ3v) is 2.63. The number of aldehydes is 1. The number of hydrogen-bond donors (Lipinski definition) is 1. The van der Waals surface area contributed by atoms with Crippen LogP contribution in [0.25, 0.3) is 0 Å². The van der Waals surface area contributed by atoms with Gasteiger partial charge in [0, 0.05) is 11.3 Å². The molecule has 2 aromatic rings. The number of pyridine rings is 1. The first-order valence-corrected chi connectivity index (χ1v) is 5.51. The molecule has 0 saturated carbocycles. The predicted molar refractivity (Wildman–Crippen MR) is 69.1 cm³/mol. The summed E-state index contributed by atoms with van der Waals surface area (Å²) in [5, 5.41) is 3.65. The van der Waals surface area contributed by atoms with Gasteiger partial charge in [0.05, 0.1) is 22.6 Å². The largest absolute Gasteiger partial charge is 0.353 e. The van der Waals surface area contributed by atoms with Crippen molar-refractivity contribution in [1.29, 1.82) is 0 Å². The lowest BCUT2D eigenvalue weighted by molar-refractivity contribution is 0.112. The van der Waals surface area contributed by atoms with Gasteiger partial charge in [-0.1, -0.05) is 11.6 Å². The summed E-state index contributed by atoms with van der Waals surface area (Å²) >= 11 is 6.05. The standard InChI is InChI=1S/C13H11ClN2O/c1-9-2-4-11(7-15-9)16-13-5-3-10(8-17)6-12(13)14/h2-8,16H,1H3. The molecule has 4 heteroatoms. The SMILES string of the molecule is Cc1ccc(Nc2ccc(C=O)cc2Cl)cn1. The average Bonchev–Trinajstić information content (AvgIpc) is 2.34. The normalized spacial score (nSPS) is 10.0. The fourth-order valence-corrected chi connectivity index (χ4v) is 1.64. The summed E-state index contributed by atoms with van der Waals surface area (Å²) in [4.78, 5) is 14.8. The summed E-state index contributed by atoms with van der Waals surface area (Å²) in [6, 6.07) is 8.94. The molecular formula is C13H11ClN2O. The Bertz CT molecular complexity index is 538. The summed E-state index contributed by atoms with van der Waals surface area (Å²) in [5.41, 5.74) is 3.12. The molecule has 0 radical (unpaired) electrons. The molecule has 0 aliphatic heterocycles. The molecule has 0 unspecified atom stereocenters. The van der Waals surface area contributed by atoms with E-state index in [0.717, 1.165) is 23.4 Å². The van der Waals surface area contributed by atoms with Gasteiger partial charge in [-0.3, -0.25) is 9.78 Å². The van der Waals surface area contributed by atoms with E-state index >= 15 is 0 Å². The number of benzene rings is 1. The lowest BCUT2D eigenvalue weighted by atomic mass is 10.2. The fraction of sp³-hybridized carbons (Fsp3) is 0.0769. The van der Waals surface area contributed by atoms with Crippen LogP contribution in [0.5, 0.6) is 0 Å². The summed E-state index contributed by atoms with van der Waals surface area (Å²) in [6.45, 7) is 1.93. The van der Waals surface area contributed by atoms with Crippen molar-refractivity contribution in [3.05, 3.63) is 52.8 Å². The first kappa shape index (κ1) is 11.6. The highest BCUT2D eigenvalue weighted by atomic mass is 35.5. The van der Waals surface area contributed by atoms with Crippen LogP contribution < -0.4 is 5.32 Å². The molecule has 0 atom stereocenters. The molecular weight excluding hydrogens is 236 g/mol. The maximum absolute atomic E-state index is 10.6. The van der Waals surface area contributed by atoms with E-state index in [2.05, 4.69) is 10.3 Å². The highest BCUT2D eigenvalue weighted by Crippen LogP contribution is 2.25. The minimum Gasteiger partial charge on any atom is -0.353 e. The van der Waals surface area contributed by atoms with Crippen LogP contribution >= 0.6 is 11.6 Å². The van der Waals surface area contributed by atoms with Gasteiger partial charge < -0.3 is 5.32 Å². The number of rotatable bonds is 3.